The summed E-state index contributed by atoms with van der Waals surface area (Å²) in [6.45, 7) is 8.77. The molecule has 2 rings (SSSR count). The molecule has 2 N–H and O–H groups in total. The summed E-state index contributed by atoms with van der Waals surface area (Å²) < 4.78 is 0. The molecular formula is C15H21N3O. The van der Waals surface area contributed by atoms with Crippen molar-refractivity contribution in [2.75, 3.05) is 6.54 Å². The van der Waals surface area contributed by atoms with Crippen molar-refractivity contribution in [1.29, 1.82) is 0 Å². The van der Waals surface area contributed by atoms with Gasteiger partial charge in [0.2, 0.25) is 0 Å². The molecule has 1 aromatic rings. The van der Waals surface area contributed by atoms with Crippen LogP contribution in [0.4, 0.5) is 0 Å². The number of rotatable bonds is 3. The van der Waals surface area contributed by atoms with Crippen LogP contribution in [0.25, 0.3) is 0 Å². The van der Waals surface area contributed by atoms with Crippen LogP contribution in [0.5, 0.6) is 0 Å². The molecule has 0 aromatic heterocycles. The Hall–Kier alpha value is -1.84. The summed E-state index contributed by atoms with van der Waals surface area (Å²) in [5.74, 6) is 0.990. The number of aliphatic imine (C=N–C) groups is 1. The van der Waals surface area contributed by atoms with E-state index < -0.39 is 5.54 Å². The lowest BCUT2D eigenvalue weighted by molar-refractivity contribution is -0.123. The molecule has 102 valence electrons. The lowest BCUT2D eigenvalue weighted by Gasteiger charge is -2.22. The molecule has 1 aliphatic rings. The van der Waals surface area contributed by atoms with Crippen LogP contribution in [-0.2, 0) is 10.3 Å². The van der Waals surface area contributed by atoms with Gasteiger partial charge in [-0.15, -0.1) is 0 Å². The fourth-order valence-corrected chi connectivity index (χ4v) is 2.20. The van der Waals surface area contributed by atoms with E-state index in [0.29, 0.717) is 18.4 Å². The van der Waals surface area contributed by atoms with Gasteiger partial charge < -0.3 is 5.32 Å². The number of hydrogen-bond acceptors (Lipinski definition) is 2. The Morgan fingerprint density at radius 3 is 2.42 bits per heavy atom. The van der Waals surface area contributed by atoms with Crippen molar-refractivity contribution >= 4 is 11.9 Å². The molecular weight excluding hydrogens is 238 g/mol. The molecule has 1 unspecified atom stereocenters. The second-order valence-electron chi connectivity index (χ2n) is 5.30. The quantitative estimate of drug-likeness (QED) is 0.873. The third-order valence-corrected chi connectivity index (χ3v) is 3.53. The molecule has 19 heavy (non-hydrogen) atoms. The lowest BCUT2D eigenvalue weighted by atomic mass is 9.90. The van der Waals surface area contributed by atoms with Gasteiger partial charge in [-0.1, -0.05) is 38.1 Å². The molecule has 4 nitrogen and oxygen atoms in total. The van der Waals surface area contributed by atoms with Crippen LogP contribution in [0.1, 0.15) is 44.7 Å². The molecule has 1 saturated heterocycles. The van der Waals surface area contributed by atoms with Crippen molar-refractivity contribution in [2.24, 2.45) is 4.99 Å². The first-order valence-corrected chi connectivity index (χ1v) is 6.72. The highest BCUT2D eigenvalue weighted by molar-refractivity contribution is 6.09. The number of hydrogen-bond donors (Lipinski definition) is 2. The molecule has 0 saturated carbocycles. The minimum atomic E-state index is -0.733. The second-order valence-corrected chi connectivity index (χ2v) is 5.30. The van der Waals surface area contributed by atoms with Gasteiger partial charge in [0.25, 0.3) is 5.91 Å². The topological polar surface area (TPSA) is 53.5 Å². The maximum atomic E-state index is 12.1. The highest BCUT2D eigenvalue weighted by Gasteiger charge is 2.42. The number of carbonyl (C=O) groups is 1. The normalized spacial score (nSPS) is 24.7. The number of benzene rings is 1. The van der Waals surface area contributed by atoms with E-state index in [1.165, 1.54) is 5.56 Å². The van der Waals surface area contributed by atoms with Crippen molar-refractivity contribution in [3.8, 4) is 0 Å². The molecule has 4 heteroatoms. The minimum Gasteiger partial charge on any atom is -0.338 e. The second kappa shape index (κ2) is 5.03. The third-order valence-electron chi connectivity index (χ3n) is 3.53. The van der Waals surface area contributed by atoms with Gasteiger partial charge in [0.1, 0.15) is 5.54 Å². The smallest absolute Gasteiger partial charge is 0.256 e. The Balaban J connectivity index is 2.30. The predicted molar refractivity (Wildman–Crippen MR) is 77.1 cm³/mol. The van der Waals surface area contributed by atoms with Gasteiger partial charge in [-0.05, 0) is 30.9 Å². The van der Waals surface area contributed by atoms with Crippen LogP contribution in [-0.4, -0.2) is 18.4 Å². The third kappa shape index (κ3) is 2.48. The first kappa shape index (κ1) is 13.6. The van der Waals surface area contributed by atoms with Crippen LogP contribution in [0.3, 0.4) is 0 Å². The van der Waals surface area contributed by atoms with Crippen molar-refractivity contribution in [3.05, 3.63) is 35.4 Å². The standard InChI is InChI=1S/C15H21N3O/c1-5-16-14-17-13(19)15(4,18-14)12-8-6-11(7-9-12)10(2)3/h6-10H,5H2,1-4H3,(H2,16,17,18,19). The highest BCUT2D eigenvalue weighted by Crippen LogP contribution is 2.26. The van der Waals surface area contributed by atoms with E-state index in [2.05, 4.69) is 41.6 Å². The average Bonchev–Trinajstić information content (AvgIpc) is 2.66. The predicted octanol–water partition coefficient (Wildman–Crippen LogP) is 2.12. The molecule has 1 aliphatic heterocycles. The van der Waals surface area contributed by atoms with Gasteiger partial charge in [0.05, 0.1) is 0 Å². The Kier molecular flexibility index (Phi) is 3.60. The molecule has 1 amide bonds. The fourth-order valence-electron chi connectivity index (χ4n) is 2.20. The Morgan fingerprint density at radius 2 is 1.89 bits per heavy atom. The summed E-state index contributed by atoms with van der Waals surface area (Å²) in [6.07, 6.45) is 0. The van der Waals surface area contributed by atoms with Gasteiger partial charge in [0.15, 0.2) is 5.96 Å². The van der Waals surface area contributed by atoms with Gasteiger partial charge in [0, 0.05) is 6.54 Å². The Labute approximate surface area is 114 Å². The molecule has 1 fully saturated rings. The number of amides is 1. The summed E-state index contributed by atoms with van der Waals surface area (Å²) in [6, 6.07) is 8.18. The summed E-state index contributed by atoms with van der Waals surface area (Å²) in [4.78, 5) is 16.4. The van der Waals surface area contributed by atoms with E-state index >= 15 is 0 Å². The zero-order valence-corrected chi connectivity index (χ0v) is 11.9. The summed E-state index contributed by atoms with van der Waals surface area (Å²) in [5.41, 5.74) is 1.49. The first-order chi connectivity index (χ1) is 8.97. The molecule has 0 radical (unpaired) electrons. The number of guanidine groups is 1. The first-order valence-electron chi connectivity index (χ1n) is 6.72. The van der Waals surface area contributed by atoms with Crippen LogP contribution in [0.15, 0.2) is 29.3 Å². The van der Waals surface area contributed by atoms with E-state index in [1.54, 1.807) is 0 Å². The molecule has 0 bridgehead atoms. The van der Waals surface area contributed by atoms with Crippen molar-refractivity contribution in [2.45, 2.75) is 39.2 Å². The van der Waals surface area contributed by atoms with Crippen molar-refractivity contribution in [1.82, 2.24) is 10.6 Å². The maximum absolute atomic E-state index is 12.1. The van der Waals surface area contributed by atoms with Crippen LogP contribution < -0.4 is 10.6 Å². The summed E-state index contributed by atoms with van der Waals surface area (Å²) >= 11 is 0. The van der Waals surface area contributed by atoms with Gasteiger partial charge in [-0.25, -0.2) is 0 Å². The summed E-state index contributed by atoms with van der Waals surface area (Å²) in [5, 5.41) is 5.95. The number of carbonyl (C=O) groups excluding carboxylic acids is 1. The van der Waals surface area contributed by atoms with Crippen molar-refractivity contribution < 1.29 is 4.79 Å². The highest BCUT2D eigenvalue weighted by atomic mass is 16.2. The van der Waals surface area contributed by atoms with Crippen LogP contribution >= 0.6 is 0 Å². The summed E-state index contributed by atoms with van der Waals surface area (Å²) in [7, 11) is 0. The molecule has 1 aromatic carbocycles. The Bertz CT molecular complexity index is 505. The molecule has 1 atom stereocenters. The zero-order valence-electron chi connectivity index (χ0n) is 11.9. The van der Waals surface area contributed by atoms with Gasteiger partial charge in [-0.2, -0.15) is 0 Å². The maximum Gasteiger partial charge on any atom is 0.256 e. The van der Waals surface area contributed by atoms with Gasteiger partial charge >= 0.3 is 0 Å². The monoisotopic (exact) mass is 259 g/mol. The van der Waals surface area contributed by atoms with E-state index in [1.807, 2.05) is 26.0 Å². The fraction of sp³-hybridized carbons (Fsp3) is 0.467. The lowest BCUT2D eigenvalue weighted by Crippen LogP contribution is -2.40. The van der Waals surface area contributed by atoms with Gasteiger partial charge in [-0.3, -0.25) is 15.1 Å². The largest absolute Gasteiger partial charge is 0.338 e. The van der Waals surface area contributed by atoms with E-state index in [4.69, 9.17) is 0 Å². The van der Waals surface area contributed by atoms with Crippen LogP contribution in [0, 0.1) is 0 Å². The van der Waals surface area contributed by atoms with E-state index in [9.17, 15) is 4.79 Å². The van der Waals surface area contributed by atoms with Crippen LogP contribution in [0.2, 0.25) is 0 Å². The minimum absolute atomic E-state index is 0.0583. The SMILES string of the molecule is CCN=C1NC(=O)C(C)(c2ccc(C(C)C)cc2)N1. The molecule has 0 aliphatic carbocycles. The molecule has 1 heterocycles. The van der Waals surface area contributed by atoms with E-state index in [-0.39, 0.29) is 5.91 Å². The number of nitrogens with one attached hydrogen (secondary N) is 2. The average molecular weight is 259 g/mol. The molecule has 0 spiro atoms. The van der Waals surface area contributed by atoms with E-state index in [0.717, 1.165) is 5.56 Å². The van der Waals surface area contributed by atoms with Crippen molar-refractivity contribution in [3.63, 3.8) is 0 Å². The Morgan fingerprint density at radius 1 is 1.26 bits per heavy atom. The number of nitrogens with zero attached hydrogens (tertiary/aromatic N) is 1. The zero-order chi connectivity index (χ0) is 14.0.